The summed E-state index contributed by atoms with van der Waals surface area (Å²) in [5, 5.41) is 6.05. The average Bonchev–Trinajstić information content (AvgIpc) is 3.19. The van der Waals surface area contributed by atoms with Gasteiger partial charge >= 0.3 is 0 Å². The summed E-state index contributed by atoms with van der Waals surface area (Å²) >= 11 is 2.92. The number of alkyl halides is 1. The van der Waals surface area contributed by atoms with E-state index in [-0.39, 0.29) is 5.82 Å². The summed E-state index contributed by atoms with van der Waals surface area (Å²) in [5.41, 5.74) is 3.79. The van der Waals surface area contributed by atoms with Gasteiger partial charge in [-0.3, -0.25) is 4.90 Å². The molecule has 3 heterocycles. The van der Waals surface area contributed by atoms with Gasteiger partial charge in [-0.25, -0.2) is 18.7 Å². The molecule has 0 aliphatic carbocycles. The summed E-state index contributed by atoms with van der Waals surface area (Å²) in [6.45, 7) is 5.17. The van der Waals surface area contributed by atoms with Crippen LogP contribution in [-0.4, -0.2) is 33.6 Å². The van der Waals surface area contributed by atoms with Gasteiger partial charge < -0.3 is 10.0 Å². The molecule has 1 saturated heterocycles. The lowest BCUT2D eigenvalue weighted by atomic mass is 9.97. The van der Waals surface area contributed by atoms with Crippen molar-refractivity contribution in [2.45, 2.75) is 37.6 Å². The first-order chi connectivity index (χ1) is 14.4. The Kier molecular flexibility index (Phi) is 6.21. The lowest BCUT2D eigenvalue weighted by Crippen LogP contribution is -2.56. The topological polar surface area (TPSA) is 53.1 Å². The van der Waals surface area contributed by atoms with Gasteiger partial charge in [0.2, 0.25) is 0 Å². The summed E-state index contributed by atoms with van der Waals surface area (Å²) in [6, 6.07) is 8.92. The lowest BCUT2D eigenvalue weighted by molar-refractivity contribution is -0.0227. The van der Waals surface area contributed by atoms with Crippen molar-refractivity contribution >= 4 is 34.8 Å². The Hall–Kier alpha value is -2.23. The predicted molar refractivity (Wildman–Crippen MR) is 119 cm³/mol. The highest BCUT2D eigenvalue weighted by atomic mass is 32.2. The maximum absolute atomic E-state index is 14.5. The van der Waals surface area contributed by atoms with E-state index in [4.69, 9.17) is 0 Å². The van der Waals surface area contributed by atoms with E-state index in [1.165, 1.54) is 29.4 Å². The van der Waals surface area contributed by atoms with Crippen molar-refractivity contribution in [3.63, 3.8) is 0 Å². The van der Waals surface area contributed by atoms with Gasteiger partial charge in [-0.05, 0) is 37.6 Å². The fourth-order valence-electron chi connectivity index (χ4n) is 3.52. The second-order valence-corrected chi connectivity index (χ2v) is 9.20. The molecule has 9 heteroatoms. The number of hydrogen-bond acceptors (Lipinski definition) is 7. The van der Waals surface area contributed by atoms with Crippen LogP contribution in [0.5, 0.6) is 0 Å². The smallest absolute Gasteiger partial charge is 0.147 e. The van der Waals surface area contributed by atoms with Gasteiger partial charge in [0, 0.05) is 49.1 Å². The zero-order valence-electron chi connectivity index (χ0n) is 16.8. The molecule has 30 heavy (non-hydrogen) atoms. The molecule has 0 atom stereocenters. The molecule has 1 aromatic carbocycles. The van der Waals surface area contributed by atoms with E-state index in [1.807, 2.05) is 35.4 Å². The molecule has 0 radical (unpaired) electrons. The number of aryl methyl sites for hydroxylation is 1. The molecule has 0 amide bonds. The molecular weight excluding hydrogens is 424 g/mol. The highest BCUT2D eigenvalue weighted by Gasteiger charge is 2.38. The monoisotopic (exact) mass is 447 g/mol. The normalized spacial score (nSPS) is 15.6. The van der Waals surface area contributed by atoms with Crippen molar-refractivity contribution in [3.05, 3.63) is 63.9 Å². The summed E-state index contributed by atoms with van der Waals surface area (Å²) < 4.78 is 31.4. The van der Waals surface area contributed by atoms with Crippen molar-refractivity contribution < 1.29 is 8.78 Å². The largest absolute Gasteiger partial charge is 0.379 e. The Bertz CT molecular complexity index is 1000. The maximum Gasteiger partial charge on any atom is 0.147 e. The number of anilines is 2. The Balaban J connectivity index is 1.39. The van der Waals surface area contributed by atoms with Crippen molar-refractivity contribution in [1.29, 1.82) is 0 Å². The molecule has 0 spiro atoms. The quantitative estimate of drug-likeness (QED) is 0.460. The van der Waals surface area contributed by atoms with Crippen molar-refractivity contribution in [1.82, 2.24) is 14.9 Å². The minimum Gasteiger partial charge on any atom is -0.379 e. The Morgan fingerprint density at radius 2 is 2.10 bits per heavy atom. The molecule has 1 aliphatic heterocycles. The number of nitrogens with one attached hydrogen (secondary N) is 2. The minimum atomic E-state index is -1.14. The molecule has 1 fully saturated rings. The van der Waals surface area contributed by atoms with Gasteiger partial charge in [0.1, 0.15) is 22.3 Å². The van der Waals surface area contributed by atoms with E-state index in [0.29, 0.717) is 31.7 Å². The van der Waals surface area contributed by atoms with Crippen LogP contribution in [0.15, 0.2) is 46.2 Å². The number of pyridine rings is 1. The second-order valence-electron chi connectivity index (χ2n) is 7.65. The highest BCUT2D eigenvalue weighted by Crippen LogP contribution is 2.28. The van der Waals surface area contributed by atoms with E-state index < -0.39 is 5.67 Å². The number of nitrogens with zero attached hydrogens (tertiary/aromatic N) is 3. The highest BCUT2D eigenvalue weighted by molar-refractivity contribution is 8.00. The van der Waals surface area contributed by atoms with Crippen molar-refractivity contribution in [2.75, 3.05) is 23.1 Å². The van der Waals surface area contributed by atoms with Crippen molar-refractivity contribution in [2.24, 2.45) is 0 Å². The molecule has 2 N–H and O–H groups in total. The van der Waals surface area contributed by atoms with Crippen LogP contribution < -0.4 is 10.0 Å². The Morgan fingerprint density at radius 1 is 1.27 bits per heavy atom. The summed E-state index contributed by atoms with van der Waals surface area (Å²) in [5.74, 6) is 0.544. The Morgan fingerprint density at radius 3 is 2.80 bits per heavy atom. The van der Waals surface area contributed by atoms with E-state index in [1.54, 1.807) is 18.5 Å². The van der Waals surface area contributed by atoms with Crippen LogP contribution in [0, 0.1) is 12.7 Å². The molecule has 0 unspecified atom stereocenters. The van der Waals surface area contributed by atoms with Gasteiger partial charge in [-0.2, -0.15) is 0 Å². The van der Waals surface area contributed by atoms with Gasteiger partial charge in [0.25, 0.3) is 0 Å². The average molecular weight is 448 g/mol. The molecule has 3 aromatic rings. The molecule has 2 aromatic heterocycles. The number of thiazole rings is 1. The zero-order chi connectivity index (χ0) is 21.1. The van der Waals surface area contributed by atoms with Gasteiger partial charge in [0.15, 0.2) is 0 Å². The maximum atomic E-state index is 14.5. The third-order valence-corrected chi connectivity index (χ3v) is 6.26. The molecule has 0 bridgehead atoms. The van der Waals surface area contributed by atoms with Crippen LogP contribution in [0.2, 0.25) is 0 Å². The zero-order valence-corrected chi connectivity index (χ0v) is 18.4. The van der Waals surface area contributed by atoms with Crippen LogP contribution in [0.4, 0.5) is 20.3 Å². The molecule has 5 nitrogen and oxygen atoms in total. The van der Waals surface area contributed by atoms with Crippen LogP contribution in [0.25, 0.3) is 0 Å². The molecule has 1 aliphatic rings. The molecule has 158 valence electrons. The fourth-order valence-corrected chi connectivity index (χ4v) is 4.72. The summed E-state index contributed by atoms with van der Waals surface area (Å²) in [6.07, 6.45) is 0. The summed E-state index contributed by atoms with van der Waals surface area (Å²) in [4.78, 5) is 10.8. The first-order valence-corrected chi connectivity index (χ1v) is 11.4. The molecule has 4 rings (SSSR count). The van der Waals surface area contributed by atoms with Gasteiger partial charge in [0.05, 0.1) is 16.9 Å². The third kappa shape index (κ3) is 5.08. The molecular formula is C21H23F2N5S2. The number of benzene rings is 1. The first-order valence-electron chi connectivity index (χ1n) is 9.60. The number of aromatic nitrogens is 2. The number of hydrogen-bond donors (Lipinski definition) is 2. The number of halogens is 2. The van der Waals surface area contributed by atoms with E-state index in [0.717, 1.165) is 27.8 Å². The van der Waals surface area contributed by atoms with Crippen LogP contribution in [0.3, 0.4) is 0 Å². The predicted octanol–water partition coefficient (Wildman–Crippen LogP) is 5.26. The Labute approximate surface area is 183 Å². The van der Waals surface area contributed by atoms with Crippen LogP contribution in [0.1, 0.15) is 23.7 Å². The fraction of sp³-hybridized carbons (Fsp3) is 0.333. The van der Waals surface area contributed by atoms with Gasteiger partial charge in [-0.1, -0.05) is 12.1 Å². The lowest BCUT2D eigenvalue weighted by Gasteiger charge is -2.42. The second kappa shape index (κ2) is 8.87. The van der Waals surface area contributed by atoms with E-state index >= 15 is 0 Å². The third-order valence-electron chi connectivity index (χ3n) is 4.92. The number of rotatable bonds is 8. The van der Waals surface area contributed by atoms with Gasteiger partial charge in [-0.15, -0.1) is 11.3 Å². The standard InChI is InChI=1S/C21H23F2N5S2/c1-14-18(6-7-20(26-14)30-27-19-10-29-13-25-19)24-8-16-15(4-3-5-17(16)22)9-28-11-21(2,23)12-28/h3-7,10,13,24,27H,8-9,11-12H2,1-2H3. The first kappa shape index (κ1) is 21.0. The van der Waals surface area contributed by atoms with Crippen LogP contribution in [-0.2, 0) is 13.1 Å². The van der Waals surface area contributed by atoms with E-state index in [2.05, 4.69) is 20.0 Å². The van der Waals surface area contributed by atoms with Crippen LogP contribution >= 0.6 is 23.3 Å². The SMILES string of the molecule is Cc1nc(SNc2cscn2)ccc1NCc1c(F)cccc1CN1CC(C)(F)C1. The number of likely N-dealkylation sites (tertiary alicyclic amines) is 1. The minimum absolute atomic E-state index is 0.256. The van der Waals surface area contributed by atoms with E-state index in [9.17, 15) is 8.78 Å². The summed E-state index contributed by atoms with van der Waals surface area (Å²) in [7, 11) is 0. The van der Waals surface area contributed by atoms with Crippen molar-refractivity contribution in [3.8, 4) is 0 Å². The molecule has 0 saturated carbocycles.